The minimum atomic E-state index is -0.731. The first-order valence-electron chi connectivity index (χ1n) is 5.72. The van der Waals surface area contributed by atoms with Gasteiger partial charge in [-0.2, -0.15) is 0 Å². The number of fused-ring (bicyclic) bond motifs is 1. The summed E-state index contributed by atoms with van der Waals surface area (Å²) < 4.78 is 4.75. The second-order valence-electron chi connectivity index (χ2n) is 4.16. The van der Waals surface area contributed by atoms with E-state index in [1.165, 1.54) is 16.7 Å². The highest BCUT2D eigenvalue weighted by molar-refractivity contribution is 6.02. The van der Waals surface area contributed by atoms with Crippen molar-refractivity contribution in [3.05, 3.63) is 34.9 Å². The van der Waals surface area contributed by atoms with Gasteiger partial charge in [0.15, 0.2) is 0 Å². The van der Waals surface area contributed by atoms with Crippen molar-refractivity contribution >= 4 is 11.8 Å². The van der Waals surface area contributed by atoms with Crippen LogP contribution < -0.4 is 5.73 Å². The third-order valence-corrected chi connectivity index (χ3v) is 2.84. The molecular formula is C13H16N2O2. The van der Waals surface area contributed by atoms with Crippen molar-refractivity contribution < 1.29 is 9.53 Å². The number of aliphatic imine (C=N–C) groups is 1. The summed E-state index contributed by atoms with van der Waals surface area (Å²) in [5, 5.41) is 0. The van der Waals surface area contributed by atoms with E-state index in [-0.39, 0.29) is 0 Å². The molecule has 0 radical (unpaired) electrons. The molecule has 4 heteroatoms. The molecule has 1 aromatic carbocycles. The molecule has 0 aliphatic carbocycles. The SMILES string of the molecule is Cc1ccc2c(c1)C(CCOC(N)=O)=NCC2. The number of carbonyl (C=O) groups is 1. The lowest BCUT2D eigenvalue weighted by Crippen LogP contribution is -2.18. The molecular weight excluding hydrogens is 216 g/mol. The van der Waals surface area contributed by atoms with Gasteiger partial charge in [-0.15, -0.1) is 0 Å². The number of hydrogen-bond donors (Lipinski definition) is 1. The topological polar surface area (TPSA) is 64.7 Å². The summed E-state index contributed by atoms with van der Waals surface area (Å²) in [6.45, 7) is 3.16. The molecule has 0 saturated carbocycles. The minimum Gasteiger partial charge on any atom is -0.449 e. The van der Waals surface area contributed by atoms with Crippen molar-refractivity contribution in [1.82, 2.24) is 0 Å². The average molecular weight is 232 g/mol. The fraction of sp³-hybridized carbons (Fsp3) is 0.385. The lowest BCUT2D eigenvalue weighted by atomic mass is 9.94. The second kappa shape index (κ2) is 4.99. The molecule has 90 valence electrons. The van der Waals surface area contributed by atoms with Gasteiger partial charge >= 0.3 is 6.09 Å². The zero-order valence-corrected chi connectivity index (χ0v) is 9.90. The van der Waals surface area contributed by atoms with Gasteiger partial charge in [0.25, 0.3) is 0 Å². The van der Waals surface area contributed by atoms with Crippen LogP contribution in [0.25, 0.3) is 0 Å². The van der Waals surface area contributed by atoms with E-state index in [4.69, 9.17) is 10.5 Å². The van der Waals surface area contributed by atoms with E-state index in [9.17, 15) is 4.79 Å². The lowest BCUT2D eigenvalue weighted by Gasteiger charge is -2.17. The number of ether oxygens (including phenoxy) is 1. The lowest BCUT2D eigenvalue weighted by molar-refractivity contribution is 0.160. The van der Waals surface area contributed by atoms with Crippen molar-refractivity contribution in [3.8, 4) is 0 Å². The van der Waals surface area contributed by atoms with E-state index in [0.717, 1.165) is 18.7 Å². The van der Waals surface area contributed by atoms with Crippen LogP contribution in [0.15, 0.2) is 23.2 Å². The minimum absolute atomic E-state index is 0.293. The van der Waals surface area contributed by atoms with Crippen LogP contribution in [0.1, 0.15) is 23.1 Å². The molecule has 1 aliphatic rings. The third kappa shape index (κ3) is 2.84. The van der Waals surface area contributed by atoms with E-state index in [1.54, 1.807) is 0 Å². The van der Waals surface area contributed by atoms with Gasteiger partial charge < -0.3 is 10.5 Å². The largest absolute Gasteiger partial charge is 0.449 e. The third-order valence-electron chi connectivity index (χ3n) is 2.84. The Balaban J connectivity index is 2.11. The maximum atomic E-state index is 10.5. The predicted octanol–water partition coefficient (Wildman–Crippen LogP) is 1.83. The van der Waals surface area contributed by atoms with Crippen LogP contribution in [0.2, 0.25) is 0 Å². The van der Waals surface area contributed by atoms with E-state index >= 15 is 0 Å². The first kappa shape index (κ1) is 11.6. The normalized spacial score (nSPS) is 13.8. The van der Waals surface area contributed by atoms with E-state index in [0.29, 0.717) is 13.0 Å². The molecule has 1 aliphatic heterocycles. The molecule has 1 amide bonds. The predicted molar refractivity (Wildman–Crippen MR) is 66.4 cm³/mol. The highest BCUT2D eigenvalue weighted by Gasteiger charge is 2.14. The van der Waals surface area contributed by atoms with E-state index < -0.39 is 6.09 Å². The van der Waals surface area contributed by atoms with E-state index in [1.807, 2.05) is 0 Å². The summed E-state index contributed by atoms with van der Waals surface area (Å²) in [5.74, 6) is 0. The number of hydrogen-bond acceptors (Lipinski definition) is 3. The van der Waals surface area contributed by atoms with Crippen LogP contribution >= 0.6 is 0 Å². The van der Waals surface area contributed by atoms with Crippen molar-refractivity contribution in [2.75, 3.05) is 13.2 Å². The van der Waals surface area contributed by atoms with Crippen LogP contribution in [0, 0.1) is 6.92 Å². The Bertz CT molecular complexity index is 466. The number of amides is 1. The standard InChI is InChI=1S/C13H16N2O2/c1-9-2-3-10-4-6-15-12(11(10)8-9)5-7-17-13(14)16/h2-3,8H,4-7H2,1H3,(H2,14,16). The second-order valence-corrected chi connectivity index (χ2v) is 4.16. The van der Waals surface area contributed by atoms with Crippen molar-refractivity contribution in [2.24, 2.45) is 10.7 Å². The van der Waals surface area contributed by atoms with Gasteiger partial charge in [-0.3, -0.25) is 4.99 Å². The van der Waals surface area contributed by atoms with Gasteiger partial charge in [-0.05, 0) is 30.5 Å². The molecule has 4 nitrogen and oxygen atoms in total. The van der Waals surface area contributed by atoms with Gasteiger partial charge in [0.2, 0.25) is 0 Å². The number of nitrogens with two attached hydrogens (primary N) is 1. The summed E-state index contributed by atoms with van der Waals surface area (Å²) in [5.41, 5.74) is 9.66. The first-order valence-corrected chi connectivity index (χ1v) is 5.72. The fourth-order valence-electron chi connectivity index (χ4n) is 2.04. The summed E-state index contributed by atoms with van der Waals surface area (Å²) in [7, 11) is 0. The zero-order chi connectivity index (χ0) is 12.3. The molecule has 0 saturated heterocycles. The smallest absolute Gasteiger partial charge is 0.404 e. The Kier molecular flexibility index (Phi) is 3.42. The highest BCUT2D eigenvalue weighted by Crippen LogP contribution is 2.19. The summed E-state index contributed by atoms with van der Waals surface area (Å²) in [6.07, 6.45) is 0.876. The van der Waals surface area contributed by atoms with Crippen LogP contribution in [-0.4, -0.2) is 25.0 Å². The molecule has 0 bridgehead atoms. The quantitative estimate of drug-likeness (QED) is 0.864. The maximum Gasteiger partial charge on any atom is 0.404 e. The van der Waals surface area contributed by atoms with Crippen molar-refractivity contribution in [2.45, 2.75) is 19.8 Å². The average Bonchev–Trinajstić information content (AvgIpc) is 2.29. The number of rotatable bonds is 3. The molecule has 0 atom stereocenters. The molecule has 0 aromatic heterocycles. The van der Waals surface area contributed by atoms with Gasteiger partial charge in [0.05, 0.1) is 6.61 Å². The molecule has 1 heterocycles. The number of primary amides is 1. The van der Waals surface area contributed by atoms with Gasteiger partial charge in [0.1, 0.15) is 0 Å². The number of nitrogens with zero attached hydrogens (tertiary/aromatic N) is 1. The van der Waals surface area contributed by atoms with Crippen molar-refractivity contribution in [1.29, 1.82) is 0 Å². The molecule has 1 aromatic rings. The molecule has 0 fully saturated rings. The molecule has 17 heavy (non-hydrogen) atoms. The summed E-state index contributed by atoms with van der Waals surface area (Å²) in [4.78, 5) is 15.0. The number of carbonyl (C=O) groups excluding carboxylic acids is 1. The summed E-state index contributed by atoms with van der Waals surface area (Å²) >= 11 is 0. The maximum absolute atomic E-state index is 10.5. The van der Waals surface area contributed by atoms with Gasteiger partial charge in [0, 0.05) is 18.7 Å². The van der Waals surface area contributed by atoms with Crippen LogP contribution in [-0.2, 0) is 11.2 Å². The van der Waals surface area contributed by atoms with Crippen LogP contribution in [0.3, 0.4) is 0 Å². The molecule has 0 spiro atoms. The van der Waals surface area contributed by atoms with Gasteiger partial charge in [-0.1, -0.05) is 17.7 Å². The monoisotopic (exact) mass is 232 g/mol. The zero-order valence-electron chi connectivity index (χ0n) is 9.90. The fourth-order valence-corrected chi connectivity index (χ4v) is 2.04. The Morgan fingerprint density at radius 2 is 2.35 bits per heavy atom. The van der Waals surface area contributed by atoms with Gasteiger partial charge in [-0.25, -0.2) is 4.79 Å². The molecule has 0 unspecified atom stereocenters. The Labute approximate surface area is 100 Å². The van der Waals surface area contributed by atoms with Crippen molar-refractivity contribution in [3.63, 3.8) is 0 Å². The Hall–Kier alpha value is -1.84. The van der Waals surface area contributed by atoms with Crippen LogP contribution in [0.4, 0.5) is 4.79 Å². The van der Waals surface area contributed by atoms with Crippen LogP contribution in [0.5, 0.6) is 0 Å². The van der Waals surface area contributed by atoms with E-state index in [2.05, 4.69) is 30.1 Å². The highest BCUT2D eigenvalue weighted by atomic mass is 16.5. The molecule has 2 rings (SSSR count). The summed E-state index contributed by atoms with van der Waals surface area (Å²) in [6, 6.07) is 6.40. The Morgan fingerprint density at radius 3 is 3.12 bits per heavy atom. The first-order chi connectivity index (χ1) is 8.16. The number of aryl methyl sites for hydroxylation is 1. The Morgan fingerprint density at radius 1 is 1.53 bits per heavy atom. The number of benzene rings is 1. The molecule has 2 N–H and O–H groups in total.